The Labute approximate surface area is 122 Å². The molecule has 108 valence electrons. The fourth-order valence-corrected chi connectivity index (χ4v) is 5.54. The summed E-state index contributed by atoms with van der Waals surface area (Å²) in [4.78, 5) is 2.49. The van der Waals surface area contributed by atoms with Crippen molar-refractivity contribution in [3.05, 3.63) is 35.4 Å². The predicted molar refractivity (Wildman–Crippen MR) is 83.0 cm³/mol. The number of nitrogens with zero attached hydrogens (tertiary/aromatic N) is 1. The number of hydrogen-bond acceptors (Lipinski definition) is 2. The van der Waals surface area contributed by atoms with Gasteiger partial charge in [-0.05, 0) is 63.4 Å². The summed E-state index contributed by atoms with van der Waals surface area (Å²) in [5, 5.41) is 3.84. The summed E-state index contributed by atoms with van der Waals surface area (Å²) >= 11 is 0. The second kappa shape index (κ2) is 4.57. The van der Waals surface area contributed by atoms with Crippen LogP contribution < -0.4 is 5.32 Å². The van der Waals surface area contributed by atoms with E-state index in [1.807, 2.05) is 0 Å². The molecule has 2 bridgehead atoms. The third-order valence-corrected chi connectivity index (χ3v) is 6.24. The highest BCUT2D eigenvalue weighted by molar-refractivity contribution is 5.41. The van der Waals surface area contributed by atoms with Crippen LogP contribution in [0.3, 0.4) is 0 Å². The van der Waals surface area contributed by atoms with Gasteiger partial charge in [-0.25, -0.2) is 0 Å². The highest BCUT2D eigenvalue weighted by atomic mass is 15.1. The summed E-state index contributed by atoms with van der Waals surface area (Å²) in [6.07, 6.45) is 6.72. The number of rotatable bonds is 1. The smallest absolute Gasteiger partial charge is 0.0159 e. The first-order valence-electron chi connectivity index (χ1n) is 8.20. The Kier molecular flexibility index (Phi) is 2.94. The number of benzene rings is 1. The molecule has 0 amide bonds. The van der Waals surface area contributed by atoms with Crippen molar-refractivity contribution in [3.8, 4) is 0 Å². The summed E-state index contributed by atoms with van der Waals surface area (Å²) in [5.74, 6) is 0.801. The fraction of sp³-hybridized carbons (Fsp3) is 0.667. The van der Waals surface area contributed by atoms with Gasteiger partial charge in [-0.2, -0.15) is 0 Å². The van der Waals surface area contributed by atoms with E-state index in [0.717, 1.165) is 12.0 Å². The summed E-state index contributed by atoms with van der Waals surface area (Å²) in [7, 11) is 4.56. The van der Waals surface area contributed by atoms with E-state index in [0.29, 0.717) is 11.5 Å². The number of fused-ring (bicyclic) bond motifs is 1. The third-order valence-electron chi connectivity index (χ3n) is 6.24. The fourth-order valence-electron chi connectivity index (χ4n) is 5.54. The van der Waals surface area contributed by atoms with Gasteiger partial charge in [0.15, 0.2) is 0 Å². The summed E-state index contributed by atoms with van der Waals surface area (Å²) < 4.78 is 0. The van der Waals surface area contributed by atoms with Gasteiger partial charge in [0.05, 0.1) is 0 Å². The van der Waals surface area contributed by atoms with Crippen LogP contribution in [0.15, 0.2) is 24.3 Å². The van der Waals surface area contributed by atoms with Crippen molar-refractivity contribution in [3.63, 3.8) is 0 Å². The lowest BCUT2D eigenvalue weighted by Gasteiger charge is -2.59. The largest absolute Gasteiger partial charge is 0.313 e. The van der Waals surface area contributed by atoms with E-state index >= 15 is 0 Å². The molecule has 1 saturated heterocycles. The van der Waals surface area contributed by atoms with Crippen LogP contribution in [-0.2, 0) is 11.8 Å². The van der Waals surface area contributed by atoms with E-state index in [2.05, 4.69) is 48.6 Å². The molecule has 2 nitrogen and oxygen atoms in total. The average Bonchev–Trinajstić information content (AvgIpc) is 2.46. The molecule has 1 aromatic rings. The lowest BCUT2D eigenvalue weighted by Crippen LogP contribution is -2.65. The van der Waals surface area contributed by atoms with E-state index in [-0.39, 0.29) is 0 Å². The van der Waals surface area contributed by atoms with Crippen molar-refractivity contribution < 1.29 is 0 Å². The predicted octanol–water partition coefficient (Wildman–Crippen LogP) is 2.57. The third kappa shape index (κ3) is 1.64. The van der Waals surface area contributed by atoms with Gasteiger partial charge in [0.1, 0.15) is 0 Å². The Hall–Kier alpha value is -0.860. The molecule has 1 aliphatic heterocycles. The average molecular weight is 270 g/mol. The van der Waals surface area contributed by atoms with Gasteiger partial charge >= 0.3 is 0 Å². The summed E-state index contributed by atoms with van der Waals surface area (Å²) in [6, 6.07) is 10.7. The molecule has 0 radical (unpaired) electrons. The molecule has 0 unspecified atom stereocenters. The molecule has 1 saturated carbocycles. The lowest BCUT2D eigenvalue weighted by molar-refractivity contribution is 0.0102. The van der Waals surface area contributed by atoms with Crippen LogP contribution in [0.2, 0.25) is 0 Å². The molecular weight excluding hydrogens is 244 g/mol. The zero-order valence-corrected chi connectivity index (χ0v) is 12.7. The Morgan fingerprint density at radius 2 is 2.05 bits per heavy atom. The Morgan fingerprint density at radius 1 is 1.20 bits per heavy atom. The van der Waals surface area contributed by atoms with Gasteiger partial charge in [0.25, 0.3) is 0 Å². The van der Waals surface area contributed by atoms with Crippen LogP contribution in [0.5, 0.6) is 0 Å². The SMILES string of the molecule is CN(C)[C@@H]1CCC[C@]23CCN[C@H](Cc4ccccc42)[C@H]13. The molecule has 1 N–H and O–H groups in total. The topological polar surface area (TPSA) is 15.3 Å². The second-order valence-electron chi connectivity index (χ2n) is 7.28. The Morgan fingerprint density at radius 3 is 2.90 bits per heavy atom. The lowest BCUT2D eigenvalue weighted by atomic mass is 9.51. The van der Waals surface area contributed by atoms with E-state index in [9.17, 15) is 0 Å². The Bertz CT molecular complexity index is 506. The van der Waals surface area contributed by atoms with E-state index in [4.69, 9.17) is 0 Å². The number of hydrogen-bond donors (Lipinski definition) is 1. The number of piperidine rings is 1. The van der Waals surface area contributed by atoms with Crippen molar-refractivity contribution in [2.24, 2.45) is 5.92 Å². The molecule has 1 heterocycles. The molecule has 3 aliphatic rings. The van der Waals surface area contributed by atoms with Gasteiger partial charge in [-0.3, -0.25) is 0 Å². The molecule has 2 heteroatoms. The van der Waals surface area contributed by atoms with Gasteiger partial charge in [0, 0.05) is 17.5 Å². The maximum atomic E-state index is 3.84. The molecule has 4 atom stereocenters. The summed E-state index contributed by atoms with van der Waals surface area (Å²) in [5.41, 5.74) is 3.76. The quantitative estimate of drug-likeness (QED) is 0.844. The minimum Gasteiger partial charge on any atom is -0.313 e. The van der Waals surface area contributed by atoms with E-state index in [1.54, 1.807) is 11.1 Å². The first-order chi connectivity index (χ1) is 9.72. The normalized spacial score (nSPS) is 39.2. The van der Waals surface area contributed by atoms with Crippen molar-refractivity contribution in [1.29, 1.82) is 0 Å². The maximum absolute atomic E-state index is 3.84. The number of nitrogens with one attached hydrogen (secondary N) is 1. The zero-order valence-electron chi connectivity index (χ0n) is 12.7. The minimum atomic E-state index is 0.456. The molecule has 20 heavy (non-hydrogen) atoms. The van der Waals surface area contributed by atoms with Crippen LogP contribution in [0.25, 0.3) is 0 Å². The van der Waals surface area contributed by atoms with Crippen molar-refractivity contribution in [1.82, 2.24) is 10.2 Å². The van der Waals surface area contributed by atoms with Gasteiger partial charge in [-0.1, -0.05) is 30.7 Å². The van der Waals surface area contributed by atoms with Crippen LogP contribution in [0.1, 0.15) is 36.8 Å². The van der Waals surface area contributed by atoms with Gasteiger partial charge < -0.3 is 10.2 Å². The second-order valence-corrected chi connectivity index (χ2v) is 7.28. The Balaban J connectivity index is 1.87. The molecule has 2 fully saturated rings. The standard InChI is InChI=1S/C18H26N2/c1-20(2)16-8-5-9-18-10-11-19-15(17(16)18)12-13-6-3-4-7-14(13)18/h3-4,6-7,15-17,19H,5,8-12H2,1-2H3/t15-,16-,17-,18+/m1/s1. The molecule has 0 spiro atoms. The van der Waals surface area contributed by atoms with E-state index < -0.39 is 0 Å². The van der Waals surface area contributed by atoms with Crippen LogP contribution >= 0.6 is 0 Å². The summed E-state index contributed by atoms with van der Waals surface area (Å²) in [6.45, 7) is 1.20. The molecule has 0 aromatic heterocycles. The highest BCUT2D eigenvalue weighted by Crippen LogP contribution is 2.54. The first kappa shape index (κ1) is 12.8. The van der Waals surface area contributed by atoms with Crippen LogP contribution in [-0.4, -0.2) is 37.6 Å². The van der Waals surface area contributed by atoms with Crippen molar-refractivity contribution in [2.45, 2.75) is 49.6 Å². The van der Waals surface area contributed by atoms with Crippen molar-refractivity contribution in [2.75, 3.05) is 20.6 Å². The molecule has 1 aromatic carbocycles. The first-order valence-corrected chi connectivity index (χ1v) is 8.20. The molecule has 4 rings (SSSR count). The van der Waals surface area contributed by atoms with Gasteiger partial charge in [-0.15, -0.1) is 0 Å². The van der Waals surface area contributed by atoms with Crippen LogP contribution in [0, 0.1) is 5.92 Å². The van der Waals surface area contributed by atoms with Crippen molar-refractivity contribution >= 4 is 0 Å². The van der Waals surface area contributed by atoms with Gasteiger partial charge in [0.2, 0.25) is 0 Å². The monoisotopic (exact) mass is 270 g/mol. The highest BCUT2D eigenvalue weighted by Gasteiger charge is 2.55. The molecule has 2 aliphatic carbocycles. The zero-order chi connectivity index (χ0) is 13.7. The van der Waals surface area contributed by atoms with Crippen LogP contribution in [0.4, 0.5) is 0 Å². The minimum absolute atomic E-state index is 0.456. The molecular formula is C18H26N2. The maximum Gasteiger partial charge on any atom is 0.0159 e. The van der Waals surface area contributed by atoms with E-state index in [1.165, 1.54) is 38.6 Å².